The Balaban J connectivity index is 1.06. The van der Waals surface area contributed by atoms with Crippen LogP contribution < -0.4 is 20.3 Å². The van der Waals surface area contributed by atoms with E-state index in [4.69, 9.17) is 9.47 Å². The van der Waals surface area contributed by atoms with Crippen molar-refractivity contribution in [2.75, 3.05) is 13.2 Å². The number of hydrogen-bond donors (Lipinski definition) is 4. The van der Waals surface area contributed by atoms with Crippen LogP contribution in [0, 0.1) is 20.8 Å². The highest BCUT2D eigenvalue weighted by atomic mass is 32.2. The molecule has 0 radical (unpaired) electrons. The van der Waals surface area contributed by atoms with Crippen LogP contribution in [0.25, 0.3) is 11.1 Å². The molecule has 0 unspecified atom stereocenters. The molecule has 11 nitrogen and oxygen atoms in total. The van der Waals surface area contributed by atoms with Crippen molar-refractivity contribution in [3.63, 3.8) is 0 Å². The largest absolute Gasteiger partial charge is 0.487 e. The summed E-state index contributed by atoms with van der Waals surface area (Å²) in [4.78, 5) is 31.2. The van der Waals surface area contributed by atoms with Gasteiger partial charge in [-0.2, -0.15) is 0 Å². The number of nitrogens with zero attached hydrogens (tertiary/aromatic N) is 1. The number of unbranched alkanes of at least 4 members (excludes halogenated alkanes) is 1. The van der Waals surface area contributed by atoms with E-state index < -0.39 is 33.7 Å². The molecule has 0 saturated heterocycles. The van der Waals surface area contributed by atoms with E-state index in [0.717, 1.165) is 39.1 Å². The quantitative estimate of drug-likeness (QED) is 0.0832. The van der Waals surface area contributed by atoms with Crippen molar-refractivity contribution in [1.29, 1.82) is 0 Å². The number of rotatable bonds is 13. The van der Waals surface area contributed by atoms with E-state index in [1.807, 2.05) is 69.3 Å². The molecule has 250 valence electrons. The Morgan fingerprint density at radius 1 is 1.02 bits per heavy atom. The van der Waals surface area contributed by atoms with Crippen LogP contribution in [0.1, 0.15) is 72.4 Å². The van der Waals surface area contributed by atoms with E-state index in [1.165, 1.54) is 6.34 Å². The van der Waals surface area contributed by atoms with Gasteiger partial charge in [0.25, 0.3) is 10.0 Å². The molecule has 4 N–H and O–H groups in total. The minimum absolute atomic E-state index is 0.0927. The molecular formula is C35H42N4O7S. The first-order valence-electron chi connectivity index (χ1n) is 15.7. The Labute approximate surface area is 275 Å². The van der Waals surface area contributed by atoms with E-state index >= 15 is 0 Å². The molecule has 2 aliphatic rings. The molecule has 1 heterocycles. The lowest BCUT2D eigenvalue weighted by Gasteiger charge is -2.19. The number of carboxylic acid groups (broad SMARTS) is 1. The molecule has 0 saturated carbocycles. The molecule has 1 atom stereocenters. The summed E-state index contributed by atoms with van der Waals surface area (Å²) in [6.07, 6.45) is 2.28. The summed E-state index contributed by atoms with van der Waals surface area (Å²) in [7, 11) is -3.90. The number of nitrogens with one attached hydrogen (secondary N) is 3. The van der Waals surface area contributed by atoms with Crippen molar-refractivity contribution >= 4 is 28.4 Å². The first-order valence-corrected chi connectivity index (χ1v) is 17.2. The van der Waals surface area contributed by atoms with Crippen molar-refractivity contribution in [1.82, 2.24) is 15.6 Å². The average molecular weight is 663 g/mol. The summed E-state index contributed by atoms with van der Waals surface area (Å²) in [6, 6.07) is 14.8. The fraction of sp³-hybridized carbons (Fsp3) is 0.400. The molecule has 1 amide bonds. The van der Waals surface area contributed by atoms with Crippen LogP contribution in [0.3, 0.4) is 0 Å². The number of amides is 1. The van der Waals surface area contributed by atoms with Gasteiger partial charge in [0.15, 0.2) is 0 Å². The highest BCUT2D eigenvalue weighted by Gasteiger charge is 2.36. The topological polar surface area (TPSA) is 155 Å². The van der Waals surface area contributed by atoms with Gasteiger partial charge in [-0.15, -0.1) is 4.83 Å². The number of aliphatic imine (C=N–C) groups is 1. The maximum Gasteiger partial charge on any atom is 0.407 e. The number of carboxylic acids is 1. The van der Waals surface area contributed by atoms with Gasteiger partial charge in [-0.1, -0.05) is 48.5 Å². The number of carbonyl (C=O) groups is 2. The second kappa shape index (κ2) is 13.7. The second-order valence-electron chi connectivity index (χ2n) is 12.7. The van der Waals surface area contributed by atoms with Gasteiger partial charge in [0.05, 0.1) is 11.2 Å². The van der Waals surface area contributed by atoms with E-state index in [0.29, 0.717) is 36.9 Å². The lowest BCUT2D eigenvalue weighted by Crippen LogP contribution is -2.41. The number of benzene rings is 3. The minimum Gasteiger partial charge on any atom is -0.487 e. The molecule has 3 aromatic carbocycles. The average Bonchev–Trinajstić information content (AvgIpc) is 3.53. The molecule has 3 aromatic rings. The summed E-state index contributed by atoms with van der Waals surface area (Å²) in [6.45, 7) is 9.82. The van der Waals surface area contributed by atoms with Crippen LogP contribution in [0.4, 0.5) is 4.79 Å². The third kappa shape index (κ3) is 7.28. The number of hydrazine groups is 1. The van der Waals surface area contributed by atoms with Gasteiger partial charge in [0.2, 0.25) is 0 Å². The van der Waals surface area contributed by atoms with Crippen LogP contribution >= 0.6 is 0 Å². The first-order chi connectivity index (χ1) is 22.3. The number of ether oxygens (including phenoxy) is 2. The van der Waals surface area contributed by atoms with Crippen molar-refractivity contribution in [2.24, 2.45) is 4.99 Å². The zero-order valence-corrected chi connectivity index (χ0v) is 28.2. The smallest absolute Gasteiger partial charge is 0.407 e. The molecule has 0 bridgehead atoms. The van der Waals surface area contributed by atoms with Crippen LogP contribution in [-0.2, 0) is 26.0 Å². The molecule has 5 rings (SSSR count). The summed E-state index contributed by atoms with van der Waals surface area (Å²) in [5.74, 6) is -0.516. The maximum atomic E-state index is 13.2. The third-order valence-corrected chi connectivity index (χ3v) is 10.4. The predicted molar refractivity (Wildman–Crippen MR) is 179 cm³/mol. The Kier molecular flexibility index (Phi) is 9.92. The Morgan fingerprint density at radius 3 is 2.30 bits per heavy atom. The number of aliphatic carboxylic acids is 1. The number of fused-ring (bicyclic) bond motifs is 4. The Hall–Kier alpha value is -4.42. The summed E-state index contributed by atoms with van der Waals surface area (Å²) < 4.78 is 38.0. The third-order valence-electron chi connectivity index (χ3n) is 8.87. The lowest BCUT2D eigenvalue weighted by molar-refractivity contribution is -0.139. The SMILES string of the molecule is Cc1c(C)c(S(=O)(=O)NNC=NCCCC[C@@H](NC(=O)OCC2c3ccccc3-c3ccccc32)C(=O)O)c(C)c2c1OC(C)(C)C2. The summed E-state index contributed by atoms with van der Waals surface area (Å²) in [5.41, 5.74) is 9.51. The molecule has 47 heavy (non-hydrogen) atoms. The monoisotopic (exact) mass is 662 g/mol. The number of carbonyl (C=O) groups excluding carboxylic acids is 1. The number of sulfonamides is 1. The van der Waals surface area contributed by atoms with Crippen molar-refractivity contribution in [2.45, 2.75) is 82.8 Å². The summed E-state index contributed by atoms with van der Waals surface area (Å²) in [5, 5.41) is 12.1. The van der Waals surface area contributed by atoms with Crippen molar-refractivity contribution in [3.05, 3.63) is 81.9 Å². The fourth-order valence-corrected chi connectivity index (χ4v) is 7.90. The normalized spacial score (nSPS) is 15.4. The van der Waals surface area contributed by atoms with Gasteiger partial charge < -0.3 is 19.9 Å². The molecule has 0 fully saturated rings. The van der Waals surface area contributed by atoms with E-state index in [2.05, 4.69) is 20.6 Å². The van der Waals surface area contributed by atoms with Gasteiger partial charge in [0.1, 0.15) is 24.0 Å². The van der Waals surface area contributed by atoms with E-state index in [1.54, 1.807) is 13.8 Å². The molecule has 12 heteroatoms. The van der Waals surface area contributed by atoms with Gasteiger partial charge in [-0.05, 0) is 92.8 Å². The van der Waals surface area contributed by atoms with Gasteiger partial charge in [-0.3, -0.25) is 10.4 Å². The summed E-state index contributed by atoms with van der Waals surface area (Å²) >= 11 is 0. The van der Waals surface area contributed by atoms with E-state index in [9.17, 15) is 23.1 Å². The zero-order valence-electron chi connectivity index (χ0n) is 27.3. The minimum atomic E-state index is -3.90. The van der Waals surface area contributed by atoms with E-state index in [-0.39, 0.29) is 23.8 Å². The maximum absolute atomic E-state index is 13.2. The van der Waals surface area contributed by atoms with Gasteiger partial charge in [0, 0.05) is 24.4 Å². The fourth-order valence-electron chi connectivity index (χ4n) is 6.50. The molecular weight excluding hydrogens is 620 g/mol. The highest BCUT2D eigenvalue weighted by molar-refractivity contribution is 7.89. The lowest BCUT2D eigenvalue weighted by atomic mass is 9.94. The Bertz CT molecular complexity index is 1770. The van der Waals surface area contributed by atoms with Gasteiger partial charge in [-0.25, -0.2) is 18.0 Å². The molecule has 1 aliphatic heterocycles. The zero-order chi connectivity index (χ0) is 33.9. The van der Waals surface area contributed by atoms with Gasteiger partial charge >= 0.3 is 12.1 Å². The molecule has 1 aliphatic carbocycles. The highest BCUT2D eigenvalue weighted by Crippen LogP contribution is 2.45. The molecule has 0 aromatic heterocycles. The number of hydrogen-bond acceptors (Lipinski definition) is 7. The number of alkyl carbamates (subject to hydrolysis) is 1. The second-order valence-corrected chi connectivity index (χ2v) is 14.3. The van der Waals surface area contributed by atoms with Crippen LogP contribution in [0.5, 0.6) is 5.75 Å². The van der Waals surface area contributed by atoms with Crippen molar-refractivity contribution in [3.8, 4) is 16.9 Å². The standard InChI is InChI=1S/C35H42N4O7S/c1-21-22(2)32(23(3)28-18-35(4,5)46-31(21)28)47(43,44)39-37-20-36-17-11-10-16-30(33(40)41)38-34(42)45-19-29-26-14-8-6-12-24(26)25-13-7-9-15-27(25)29/h6-9,12-15,20,29-30,39H,10-11,16-19H2,1-5H3,(H,36,37)(H,38,42)(H,40,41)/t30-/m1/s1. The predicted octanol–water partition coefficient (Wildman–Crippen LogP) is 5.30. The van der Waals surface area contributed by atoms with Crippen LogP contribution in [0.15, 0.2) is 58.4 Å². The van der Waals surface area contributed by atoms with Crippen LogP contribution in [-0.4, -0.2) is 56.7 Å². The molecule has 0 spiro atoms. The van der Waals surface area contributed by atoms with Crippen molar-refractivity contribution < 1.29 is 32.6 Å². The van der Waals surface area contributed by atoms with Crippen LogP contribution in [0.2, 0.25) is 0 Å². The Morgan fingerprint density at radius 2 is 1.66 bits per heavy atom. The first kappa shape index (κ1) is 33.9.